The second-order valence-electron chi connectivity index (χ2n) is 24.2. The molecular weight excluding hydrogens is 1440 g/mol. The number of rotatable bonds is 12. The third kappa shape index (κ3) is 19.5. The number of hydrogen-bond acceptors (Lipinski definition) is 24. The molecule has 4 amide bonds. The van der Waals surface area contributed by atoms with Crippen LogP contribution in [0.3, 0.4) is 0 Å². The summed E-state index contributed by atoms with van der Waals surface area (Å²) < 4.78 is 99.2. The summed E-state index contributed by atoms with van der Waals surface area (Å²) >= 11 is 3.70. The van der Waals surface area contributed by atoms with Crippen molar-refractivity contribution >= 4 is 69.0 Å². The van der Waals surface area contributed by atoms with Crippen molar-refractivity contribution in [3.05, 3.63) is 135 Å². The predicted molar refractivity (Wildman–Crippen MR) is 379 cm³/mol. The fourth-order valence-electron chi connectivity index (χ4n) is 10.1. The van der Waals surface area contributed by atoms with E-state index < -0.39 is 70.7 Å². The van der Waals surface area contributed by atoms with Crippen LogP contribution in [0.15, 0.2) is 72.8 Å². The molecule has 544 valence electrons. The van der Waals surface area contributed by atoms with Gasteiger partial charge < -0.3 is 81.3 Å². The van der Waals surface area contributed by atoms with Crippen molar-refractivity contribution in [3.63, 3.8) is 0 Å². The number of nitrogens with two attached hydrogens (primary N) is 4. The van der Waals surface area contributed by atoms with Crippen LogP contribution in [0, 0.1) is 47.4 Å². The van der Waals surface area contributed by atoms with Gasteiger partial charge >= 0.3 is 0 Å². The van der Waals surface area contributed by atoms with E-state index in [1.807, 2.05) is 0 Å². The Morgan fingerprint density at radius 2 is 0.596 bits per heavy atom. The average Bonchev–Trinajstić information content (AvgIpc) is 1.64. The van der Waals surface area contributed by atoms with Crippen molar-refractivity contribution in [2.75, 3.05) is 81.3 Å². The zero-order valence-corrected chi connectivity index (χ0v) is 60.1. The fraction of sp³-hybridized carbons (Fsp3) is 0.333. The number of fused-ring (bicyclic) bond motifs is 12. The number of thiazole rings is 4. The standard InChI is InChI=1S/4C18H17FN2O4S/c4*1-18(23,9-24-2)6-5-10-3-4-13-11(7-10)14-15(12(19)8-25-13)26-17(21-14)16(20)22/h4*3-4,7,12,23H,8-9H2,1-2H3,(H2,20,22)/t2*12-,18+;2*12-,18-/m1010/s1. The Morgan fingerprint density at radius 3 is 0.769 bits per heavy atom. The highest BCUT2D eigenvalue weighted by atomic mass is 32.1. The Morgan fingerprint density at radius 1 is 0.404 bits per heavy atom. The molecule has 12 N–H and O–H groups in total. The quantitative estimate of drug-likeness (QED) is 0.0421. The minimum Gasteiger partial charge on any atom is -0.489 e. The summed E-state index contributed by atoms with van der Waals surface area (Å²) in [6.45, 7) is 5.74. The van der Waals surface area contributed by atoms with E-state index in [9.17, 15) is 57.2 Å². The Bertz CT molecular complexity index is 4250. The highest BCUT2D eigenvalue weighted by Gasteiger charge is 2.34. The second kappa shape index (κ2) is 33.3. The van der Waals surface area contributed by atoms with E-state index in [2.05, 4.69) is 67.3 Å². The maximum Gasteiger partial charge on any atom is 0.277 e. The third-order valence-corrected chi connectivity index (χ3v) is 19.3. The molecule has 0 radical (unpaired) electrons. The Balaban J connectivity index is 0.000000161. The summed E-state index contributed by atoms with van der Waals surface area (Å²) in [4.78, 5) is 63.6. The molecule has 8 atom stereocenters. The number of halogens is 4. The molecule has 0 bridgehead atoms. The summed E-state index contributed by atoms with van der Waals surface area (Å²) in [6.07, 6.45) is -5.61. The SMILES string of the molecule is COC[C@@](C)(O)C#Cc1ccc2c(c1)-c1nc(C(N)=O)sc1[C@@H](F)CO2.COC[C@@](C)(O)C#Cc1ccc2c(c1)-c1nc(C(N)=O)sc1[C@H](F)CO2.COC[C@](C)(O)C#Cc1ccc2c(c1)-c1nc(C(N)=O)sc1[C@@H](F)CO2.COC[C@](C)(O)C#Cc1ccc2c(c1)-c1nc(C(N)=O)sc1[C@H](F)CO2. The molecule has 4 aliphatic heterocycles. The first-order valence-corrected chi connectivity index (χ1v) is 34.3. The zero-order valence-electron chi connectivity index (χ0n) is 56.8. The number of primary amides is 4. The van der Waals surface area contributed by atoms with Crippen molar-refractivity contribution in [3.8, 4) is 115 Å². The molecule has 0 fully saturated rings. The molecule has 8 aromatic rings. The smallest absolute Gasteiger partial charge is 0.277 e. The Labute approximate surface area is 609 Å². The summed E-state index contributed by atoms with van der Waals surface area (Å²) in [5.41, 5.74) is 21.7. The predicted octanol–water partition coefficient (Wildman–Crippen LogP) is 8.24. The van der Waals surface area contributed by atoms with Gasteiger partial charge in [0.1, 0.15) is 71.8 Å². The molecule has 0 unspecified atom stereocenters. The minimum absolute atomic E-state index is 0.0463. The lowest BCUT2D eigenvalue weighted by atomic mass is 10.0. The van der Waals surface area contributed by atoms with Gasteiger partial charge in [-0.1, -0.05) is 47.4 Å². The van der Waals surface area contributed by atoms with Crippen LogP contribution >= 0.6 is 45.3 Å². The van der Waals surface area contributed by atoms with E-state index in [0.29, 0.717) is 110 Å². The molecule has 32 heteroatoms. The topological polar surface area (TPSA) is 379 Å². The number of benzene rings is 4. The number of aliphatic hydroxyl groups is 4. The molecule has 24 nitrogen and oxygen atoms in total. The van der Waals surface area contributed by atoms with Gasteiger partial charge in [0.2, 0.25) is 0 Å². The van der Waals surface area contributed by atoms with Crippen molar-refractivity contribution < 1.29 is 95.1 Å². The zero-order chi connectivity index (χ0) is 75.6. The molecule has 4 aromatic heterocycles. The molecule has 0 saturated carbocycles. The summed E-state index contributed by atoms with van der Waals surface area (Å²) in [5.74, 6) is 21.3. The van der Waals surface area contributed by atoms with Crippen molar-refractivity contribution in [2.24, 2.45) is 22.9 Å². The van der Waals surface area contributed by atoms with Crippen LogP contribution in [-0.2, 0) is 18.9 Å². The largest absolute Gasteiger partial charge is 0.489 e. The lowest BCUT2D eigenvalue weighted by Gasteiger charge is -2.14. The number of carbonyl (C=O) groups is 4. The van der Waals surface area contributed by atoms with Gasteiger partial charge in [-0.15, -0.1) is 45.3 Å². The Kier molecular flexibility index (Phi) is 25.0. The van der Waals surface area contributed by atoms with E-state index in [-0.39, 0.29) is 72.9 Å². The second-order valence-corrected chi connectivity index (χ2v) is 28.3. The van der Waals surface area contributed by atoms with Gasteiger partial charge in [-0.3, -0.25) is 19.2 Å². The number of carbonyl (C=O) groups excluding carboxylic acids is 4. The van der Waals surface area contributed by atoms with Gasteiger partial charge in [0.05, 0.1) is 68.7 Å². The van der Waals surface area contributed by atoms with Crippen LogP contribution in [0.2, 0.25) is 0 Å². The monoisotopic (exact) mass is 1500 g/mol. The van der Waals surface area contributed by atoms with Gasteiger partial charge in [-0.25, -0.2) is 37.5 Å². The van der Waals surface area contributed by atoms with Crippen LogP contribution < -0.4 is 41.9 Å². The van der Waals surface area contributed by atoms with Gasteiger partial charge in [0.25, 0.3) is 23.6 Å². The van der Waals surface area contributed by atoms with E-state index in [1.54, 1.807) is 100 Å². The molecule has 4 aliphatic rings. The van der Waals surface area contributed by atoms with Crippen molar-refractivity contribution in [1.82, 2.24) is 19.9 Å². The van der Waals surface area contributed by atoms with Crippen molar-refractivity contribution in [1.29, 1.82) is 0 Å². The maximum atomic E-state index is 14.4. The summed E-state index contributed by atoms with van der Waals surface area (Å²) in [5, 5.41) is 40.5. The molecule has 4 aromatic carbocycles. The molecule has 0 aliphatic carbocycles. The minimum atomic E-state index is -1.40. The first-order valence-electron chi connectivity index (χ1n) is 31.1. The van der Waals surface area contributed by atoms with Crippen LogP contribution in [0.25, 0.3) is 45.0 Å². The first-order chi connectivity index (χ1) is 49.2. The maximum absolute atomic E-state index is 14.4. The lowest BCUT2D eigenvalue weighted by molar-refractivity contribution is 0.0272. The molecule has 12 rings (SSSR count). The molecule has 8 heterocycles. The molecular formula is C72H68F4N8O16S4. The van der Waals surface area contributed by atoms with Crippen molar-refractivity contribution in [2.45, 2.75) is 74.8 Å². The molecule has 104 heavy (non-hydrogen) atoms. The van der Waals surface area contributed by atoms with E-state index >= 15 is 0 Å². The number of methoxy groups -OCH3 is 4. The first kappa shape index (κ1) is 78.3. The Hall–Kier alpha value is -9.88. The van der Waals surface area contributed by atoms with Crippen LogP contribution in [0.1, 0.15) is 133 Å². The van der Waals surface area contributed by atoms with Gasteiger partial charge in [0, 0.05) is 72.9 Å². The summed E-state index contributed by atoms with van der Waals surface area (Å²) in [7, 11) is 5.90. The highest BCUT2D eigenvalue weighted by Crippen LogP contribution is 2.47. The van der Waals surface area contributed by atoms with E-state index in [4.69, 9.17) is 60.8 Å². The van der Waals surface area contributed by atoms with E-state index in [1.165, 1.54) is 28.4 Å². The number of ether oxygens (including phenoxy) is 8. The van der Waals surface area contributed by atoms with Gasteiger partial charge in [0.15, 0.2) is 44.7 Å². The number of amides is 4. The molecule has 0 spiro atoms. The van der Waals surface area contributed by atoms with Crippen LogP contribution in [-0.4, -0.2) is 168 Å². The number of hydrogen-bond donors (Lipinski definition) is 8. The van der Waals surface area contributed by atoms with Gasteiger partial charge in [-0.2, -0.15) is 0 Å². The summed E-state index contributed by atoms with van der Waals surface area (Å²) in [6, 6.07) is 20.2. The van der Waals surface area contributed by atoms with Gasteiger partial charge in [-0.05, 0) is 100 Å². The average molecular weight is 1510 g/mol. The third-order valence-electron chi connectivity index (χ3n) is 14.7. The number of alkyl halides is 4. The van der Waals surface area contributed by atoms with Crippen LogP contribution in [0.4, 0.5) is 17.6 Å². The molecule has 0 saturated heterocycles. The fourth-order valence-corrected chi connectivity index (χ4v) is 13.7. The number of nitrogens with zero attached hydrogens (tertiary/aromatic N) is 4. The normalized spacial score (nSPS) is 17.6. The van der Waals surface area contributed by atoms with E-state index in [0.717, 1.165) is 45.3 Å². The van der Waals surface area contributed by atoms with Crippen LogP contribution in [0.5, 0.6) is 23.0 Å². The lowest BCUT2D eigenvalue weighted by Crippen LogP contribution is -2.27. The number of aromatic nitrogens is 4. The highest BCUT2D eigenvalue weighted by molar-refractivity contribution is 7.15.